The molecular formula is C14H9NO5S. The van der Waals surface area contributed by atoms with Crippen molar-refractivity contribution in [2.75, 3.05) is 0 Å². The van der Waals surface area contributed by atoms with E-state index in [0.717, 1.165) is 0 Å². The van der Waals surface area contributed by atoms with Gasteiger partial charge in [-0.3, -0.25) is 14.9 Å². The number of allylic oxidation sites excluding steroid dienone is 1. The second-order valence-corrected chi connectivity index (χ2v) is 4.99. The van der Waals surface area contributed by atoms with Crippen LogP contribution in [0.2, 0.25) is 0 Å². The number of nitro groups is 1. The maximum Gasteiger partial charge on any atom is 0.336 e. The first-order chi connectivity index (χ1) is 9.97. The number of hydrogen-bond acceptors (Lipinski definition) is 5. The number of benzene rings is 1. The number of non-ortho nitro benzene ring substituents is 1. The van der Waals surface area contributed by atoms with Crippen molar-refractivity contribution in [2.24, 2.45) is 0 Å². The van der Waals surface area contributed by atoms with Crippen LogP contribution >= 0.6 is 11.3 Å². The highest BCUT2D eigenvalue weighted by Crippen LogP contribution is 2.18. The zero-order valence-corrected chi connectivity index (χ0v) is 11.4. The zero-order chi connectivity index (χ0) is 15.4. The molecule has 0 spiro atoms. The van der Waals surface area contributed by atoms with Crippen molar-refractivity contribution in [3.8, 4) is 0 Å². The van der Waals surface area contributed by atoms with E-state index in [0.29, 0.717) is 4.88 Å². The lowest BCUT2D eigenvalue weighted by Gasteiger charge is -1.95. The molecule has 0 saturated carbocycles. The Labute approximate surface area is 123 Å². The highest BCUT2D eigenvalue weighted by Gasteiger charge is 2.10. The first-order valence-electron chi connectivity index (χ1n) is 5.76. The molecule has 0 unspecified atom stereocenters. The minimum Gasteiger partial charge on any atom is -0.478 e. The smallest absolute Gasteiger partial charge is 0.336 e. The molecule has 0 bridgehead atoms. The van der Waals surface area contributed by atoms with Crippen LogP contribution in [0.25, 0.3) is 6.08 Å². The first-order valence-corrected chi connectivity index (χ1v) is 6.64. The van der Waals surface area contributed by atoms with Gasteiger partial charge < -0.3 is 5.11 Å². The van der Waals surface area contributed by atoms with E-state index >= 15 is 0 Å². The molecule has 0 atom stereocenters. The first kappa shape index (κ1) is 14.6. The number of carboxylic acids is 1. The van der Waals surface area contributed by atoms with Gasteiger partial charge in [0, 0.05) is 28.0 Å². The molecule has 2 aromatic rings. The van der Waals surface area contributed by atoms with Gasteiger partial charge in [-0.05, 0) is 18.2 Å². The minimum absolute atomic E-state index is 0.154. The Bertz CT molecular complexity index is 747. The largest absolute Gasteiger partial charge is 0.478 e. The van der Waals surface area contributed by atoms with Crippen LogP contribution in [-0.2, 0) is 0 Å². The van der Waals surface area contributed by atoms with Gasteiger partial charge in [-0.25, -0.2) is 4.79 Å². The SMILES string of the molecule is O=C(O)c1csc(/C=C/C(=O)c2cccc([N+](=O)[O-])c2)c1. The summed E-state index contributed by atoms with van der Waals surface area (Å²) in [5.41, 5.74) is 0.205. The average Bonchev–Trinajstić information content (AvgIpc) is 2.94. The predicted octanol–water partition coefficient (Wildman–Crippen LogP) is 3.25. The number of hydrogen-bond donors (Lipinski definition) is 1. The molecule has 6 nitrogen and oxygen atoms in total. The van der Waals surface area contributed by atoms with E-state index in [1.807, 2.05) is 0 Å². The van der Waals surface area contributed by atoms with Crippen LogP contribution in [0.3, 0.4) is 0 Å². The highest BCUT2D eigenvalue weighted by atomic mass is 32.1. The number of nitro benzene ring substituents is 1. The molecule has 1 N–H and O–H groups in total. The van der Waals surface area contributed by atoms with Crippen molar-refractivity contribution in [1.29, 1.82) is 0 Å². The van der Waals surface area contributed by atoms with E-state index in [9.17, 15) is 19.7 Å². The fraction of sp³-hybridized carbons (Fsp3) is 0. The molecule has 106 valence electrons. The Morgan fingerprint density at radius 2 is 2.00 bits per heavy atom. The fourth-order valence-electron chi connectivity index (χ4n) is 1.58. The van der Waals surface area contributed by atoms with Crippen LogP contribution in [0.15, 0.2) is 41.8 Å². The third-order valence-electron chi connectivity index (χ3n) is 2.61. The number of aromatic carboxylic acids is 1. The molecule has 0 aliphatic carbocycles. The summed E-state index contributed by atoms with van der Waals surface area (Å²) in [6, 6.07) is 6.87. The van der Waals surface area contributed by atoms with E-state index in [-0.39, 0.29) is 22.6 Å². The van der Waals surface area contributed by atoms with Gasteiger partial charge in [0.2, 0.25) is 0 Å². The van der Waals surface area contributed by atoms with Gasteiger partial charge in [0.25, 0.3) is 5.69 Å². The number of ketones is 1. The van der Waals surface area contributed by atoms with Crippen molar-refractivity contribution in [2.45, 2.75) is 0 Å². The molecule has 0 amide bonds. The summed E-state index contributed by atoms with van der Waals surface area (Å²) in [5.74, 6) is -1.42. The lowest BCUT2D eigenvalue weighted by Crippen LogP contribution is -1.96. The molecule has 0 aliphatic heterocycles. The van der Waals surface area contributed by atoms with E-state index in [1.165, 1.54) is 59.2 Å². The van der Waals surface area contributed by atoms with Crippen LogP contribution in [0, 0.1) is 10.1 Å². The molecule has 21 heavy (non-hydrogen) atoms. The van der Waals surface area contributed by atoms with Gasteiger partial charge in [0.1, 0.15) is 0 Å². The Kier molecular flexibility index (Phi) is 4.24. The molecule has 1 aromatic heterocycles. The minimum atomic E-state index is -1.03. The van der Waals surface area contributed by atoms with E-state index in [1.54, 1.807) is 0 Å². The molecule has 0 aliphatic rings. The summed E-state index contributed by atoms with van der Waals surface area (Å²) in [6.45, 7) is 0. The molecule has 2 rings (SSSR count). The van der Waals surface area contributed by atoms with E-state index in [4.69, 9.17) is 5.11 Å². The summed E-state index contributed by atoms with van der Waals surface area (Å²) in [5, 5.41) is 20.9. The third kappa shape index (κ3) is 3.61. The van der Waals surface area contributed by atoms with Crippen LogP contribution in [0.1, 0.15) is 25.6 Å². The van der Waals surface area contributed by atoms with Gasteiger partial charge in [-0.1, -0.05) is 12.1 Å². The monoisotopic (exact) mass is 303 g/mol. The van der Waals surface area contributed by atoms with Crippen LogP contribution in [-0.4, -0.2) is 21.8 Å². The standard InChI is InChI=1S/C14H9NO5S/c16-13(9-2-1-3-11(6-9)15(19)20)5-4-12-7-10(8-21-12)14(17)18/h1-8H,(H,17,18)/b5-4+. The second kappa shape index (κ2) is 6.10. The average molecular weight is 303 g/mol. The number of carbonyl (C=O) groups excluding carboxylic acids is 1. The highest BCUT2D eigenvalue weighted by molar-refractivity contribution is 7.11. The summed E-state index contributed by atoms with van der Waals surface area (Å²) in [7, 11) is 0. The number of rotatable bonds is 5. The van der Waals surface area contributed by atoms with Crippen LogP contribution in [0.4, 0.5) is 5.69 Å². The van der Waals surface area contributed by atoms with Gasteiger partial charge in [0.05, 0.1) is 10.5 Å². The van der Waals surface area contributed by atoms with E-state index in [2.05, 4.69) is 0 Å². The molecule has 1 aromatic carbocycles. The quantitative estimate of drug-likeness (QED) is 0.396. The van der Waals surface area contributed by atoms with E-state index < -0.39 is 10.9 Å². The Hall–Kier alpha value is -2.80. The Morgan fingerprint density at radius 3 is 2.62 bits per heavy atom. The predicted molar refractivity (Wildman–Crippen MR) is 77.7 cm³/mol. The topological polar surface area (TPSA) is 97.5 Å². The zero-order valence-electron chi connectivity index (χ0n) is 10.6. The number of carboxylic acid groups (broad SMARTS) is 1. The number of nitrogens with zero attached hydrogens (tertiary/aromatic N) is 1. The fourth-order valence-corrected chi connectivity index (χ4v) is 2.35. The molecule has 0 radical (unpaired) electrons. The molecule has 0 fully saturated rings. The van der Waals surface area contributed by atoms with Crippen molar-refractivity contribution in [3.63, 3.8) is 0 Å². The normalized spacial score (nSPS) is 10.7. The number of thiophene rings is 1. The Balaban J connectivity index is 2.16. The van der Waals surface area contributed by atoms with Gasteiger partial charge >= 0.3 is 5.97 Å². The molecule has 7 heteroatoms. The summed E-state index contributed by atoms with van der Waals surface area (Å²) >= 11 is 1.20. The summed E-state index contributed by atoms with van der Waals surface area (Å²) in [6.07, 6.45) is 2.74. The number of carbonyl (C=O) groups is 2. The van der Waals surface area contributed by atoms with Crippen molar-refractivity contribution in [3.05, 3.63) is 67.9 Å². The van der Waals surface area contributed by atoms with Crippen molar-refractivity contribution >= 4 is 34.9 Å². The lowest BCUT2D eigenvalue weighted by atomic mass is 10.1. The summed E-state index contributed by atoms with van der Waals surface area (Å²) in [4.78, 5) is 33.3. The lowest BCUT2D eigenvalue weighted by molar-refractivity contribution is -0.384. The molecular weight excluding hydrogens is 294 g/mol. The van der Waals surface area contributed by atoms with Gasteiger partial charge in [-0.2, -0.15) is 0 Å². The van der Waals surface area contributed by atoms with Crippen LogP contribution in [0.5, 0.6) is 0 Å². The molecule has 1 heterocycles. The third-order valence-corrected chi connectivity index (χ3v) is 3.51. The Morgan fingerprint density at radius 1 is 1.24 bits per heavy atom. The van der Waals surface area contributed by atoms with Gasteiger partial charge in [-0.15, -0.1) is 11.3 Å². The van der Waals surface area contributed by atoms with Gasteiger partial charge in [0.15, 0.2) is 5.78 Å². The second-order valence-electron chi connectivity index (χ2n) is 4.05. The van der Waals surface area contributed by atoms with Crippen LogP contribution < -0.4 is 0 Å². The van der Waals surface area contributed by atoms with Crippen molar-refractivity contribution < 1.29 is 19.6 Å². The maximum atomic E-state index is 11.9. The molecule has 0 saturated heterocycles. The van der Waals surface area contributed by atoms with Crippen molar-refractivity contribution in [1.82, 2.24) is 0 Å². The maximum absolute atomic E-state index is 11.9. The summed E-state index contributed by atoms with van der Waals surface area (Å²) < 4.78 is 0.